The van der Waals surface area contributed by atoms with E-state index in [4.69, 9.17) is 9.47 Å². The Morgan fingerprint density at radius 1 is 1.29 bits per heavy atom. The number of methoxy groups -OCH3 is 1. The summed E-state index contributed by atoms with van der Waals surface area (Å²) in [5.74, 6) is 0.393. The molecule has 0 unspecified atom stereocenters. The summed E-state index contributed by atoms with van der Waals surface area (Å²) < 4.78 is 10.2. The van der Waals surface area contributed by atoms with E-state index in [0.717, 1.165) is 0 Å². The fourth-order valence-corrected chi connectivity index (χ4v) is 1.80. The number of benzene rings is 1. The lowest BCUT2D eigenvalue weighted by atomic mass is 10.2. The van der Waals surface area contributed by atoms with E-state index in [9.17, 15) is 14.9 Å². The number of para-hydroxylation sites is 1. The molecule has 8 heteroatoms. The third kappa shape index (κ3) is 6.55. The third-order valence-electron chi connectivity index (χ3n) is 2.75. The third-order valence-corrected chi connectivity index (χ3v) is 2.75. The number of nitrogens with one attached hydrogen (secondary N) is 2. The van der Waals surface area contributed by atoms with Crippen LogP contribution in [0.1, 0.15) is 20.8 Å². The Morgan fingerprint density at radius 3 is 2.54 bits per heavy atom. The van der Waals surface area contributed by atoms with Crippen molar-refractivity contribution in [1.82, 2.24) is 5.32 Å². The van der Waals surface area contributed by atoms with E-state index < -0.39 is 16.6 Å². The van der Waals surface area contributed by atoms with Gasteiger partial charge in [-0.2, -0.15) is 0 Å². The maximum absolute atomic E-state index is 11.4. The first-order chi connectivity index (χ1) is 11.2. The van der Waals surface area contributed by atoms with Crippen LogP contribution in [0.5, 0.6) is 5.75 Å². The monoisotopic (exact) mass is 337 g/mol. The molecule has 0 bridgehead atoms. The molecule has 0 aromatic heterocycles. The predicted octanol–water partition coefficient (Wildman–Crippen LogP) is 3.10. The lowest BCUT2D eigenvalue weighted by Crippen LogP contribution is -2.32. The van der Waals surface area contributed by atoms with Crippen molar-refractivity contribution in [2.24, 2.45) is 0 Å². The number of hydrogen-bond acceptors (Lipinski definition) is 6. The molecule has 0 spiro atoms. The van der Waals surface area contributed by atoms with Gasteiger partial charge in [0.2, 0.25) is 0 Å². The van der Waals surface area contributed by atoms with Crippen molar-refractivity contribution in [3.63, 3.8) is 0 Å². The second-order valence-corrected chi connectivity index (χ2v) is 5.85. The van der Waals surface area contributed by atoms with Gasteiger partial charge in [-0.1, -0.05) is 18.2 Å². The fraction of sp³-hybridized carbons (Fsp3) is 0.438. The molecule has 0 fully saturated rings. The van der Waals surface area contributed by atoms with Crippen LogP contribution in [0.4, 0.5) is 16.2 Å². The number of carbonyl (C=O) groups is 1. The number of carbonyl (C=O) groups excluding carboxylic acids is 1. The lowest BCUT2D eigenvalue weighted by molar-refractivity contribution is -0.384. The van der Waals surface area contributed by atoms with Crippen LogP contribution >= 0.6 is 0 Å². The number of nitrogens with zero attached hydrogens (tertiary/aromatic N) is 1. The first kappa shape index (κ1) is 19.3. The maximum Gasteiger partial charge on any atom is 0.407 e. The highest BCUT2D eigenvalue weighted by Crippen LogP contribution is 2.33. The topological polar surface area (TPSA) is 103 Å². The molecule has 0 atom stereocenters. The molecule has 0 aliphatic heterocycles. The molecule has 8 nitrogen and oxygen atoms in total. The van der Waals surface area contributed by atoms with Gasteiger partial charge >= 0.3 is 6.09 Å². The van der Waals surface area contributed by atoms with Crippen molar-refractivity contribution in [3.8, 4) is 5.75 Å². The molecule has 1 rings (SSSR count). The van der Waals surface area contributed by atoms with Gasteiger partial charge in [-0.3, -0.25) is 10.1 Å². The molecule has 0 heterocycles. The van der Waals surface area contributed by atoms with Gasteiger partial charge in [0.1, 0.15) is 11.4 Å². The summed E-state index contributed by atoms with van der Waals surface area (Å²) in [5.41, 5.74) is -0.289. The van der Waals surface area contributed by atoms with Gasteiger partial charge in [-0.05, 0) is 26.8 Å². The Balaban J connectivity index is 2.50. The Kier molecular flexibility index (Phi) is 7.03. The van der Waals surface area contributed by atoms with Gasteiger partial charge in [-0.15, -0.1) is 0 Å². The fourth-order valence-electron chi connectivity index (χ4n) is 1.80. The summed E-state index contributed by atoms with van der Waals surface area (Å²) in [6.07, 6.45) is 2.96. The number of alkyl carbamates (subject to hydrolysis) is 1. The van der Waals surface area contributed by atoms with E-state index in [0.29, 0.717) is 24.5 Å². The van der Waals surface area contributed by atoms with Crippen LogP contribution in [-0.2, 0) is 4.74 Å². The van der Waals surface area contributed by atoms with Crippen LogP contribution in [0.2, 0.25) is 0 Å². The zero-order chi connectivity index (χ0) is 18.2. The number of anilines is 1. The van der Waals surface area contributed by atoms with Gasteiger partial charge in [-0.25, -0.2) is 4.79 Å². The Morgan fingerprint density at radius 2 is 1.96 bits per heavy atom. The van der Waals surface area contributed by atoms with Crippen LogP contribution in [0.15, 0.2) is 30.4 Å². The van der Waals surface area contributed by atoms with Gasteiger partial charge < -0.3 is 20.1 Å². The molecule has 1 aromatic carbocycles. The summed E-state index contributed by atoms with van der Waals surface area (Å²) in [6.45, 7) is 5.99. The lowest BCUT2D eigenvalue weighted by Gasteiger charge is -2.19. The highest BCUT2D eigenvalue weighted by molar-refractivity contribution is 5.70. The minimum atomic E-state index is -0.544. The second-order valence-electron chi connectivity index (χ2n) is 5.85. The van der Waals surface area contributed by atoms with Crippen LogP contribution in [0.25, 0.3) is 0 Å². The molecule has 0 saturated heterocycles. The average Bonchev–Trinajstić information content (AvgIpc) is 2.48. The molecule has 0 aliphatic rings. The molecule has 2 N–H and O–H groups in total. The van der Waals surface area contributed by atoms with E-state index in [2.05, 4.69) is 10.6 Å². The standard InChI is InChI=1S/C16H23N3O5/c1-16(2,3)24-15(20)18-11-6-5-10-17-14-12(19(21)22)8-7-9-13(14)23-4/h5-9,17H,10-11H2,1-4H3,(H,18,20)/b6-5+. The van der Waals surface area contributed by atoms with Crippen LogP contribution in [-0.4, -0.2) is 36.8 Å². The smallest absolute Gasteiger partial charge is 0.407 e. The second kappa shape index (κ2) is 8.76. The predicted molar refractivity (Wildman–Crippen MR) is 91.5 cm³/mol. The van der Waals surface area contributed by atoms with Crippen LogP contribution in [0, 0.1) is 10.1 Å². The summed E-state index contributed by atoms with van der Waals surface area (Å²) in [4.78, 5) is 22.0. The minimum absolute atomic E-state index is 0.0605. The summed E-state index contributed by atoms with van der Waals surface area (Å²) in [5, 5.41) is 16.6. The molecule has 0 saturated carbocycles. The Hall–Kier alpha value is -2.77. The van der Waals surface area contributed by atoms with Crippen molar-refractivity contribution in [3.05, 3.63) is 40.5 Å². The molecule has 132 valence electrons. The zero-order valence-electron chi connectivity index (χ0n) is 14.3. The number of nitro groups is 1. The first-order valence-electron chi connectivity index (χ1n) is 7.41. The molecular formula is C16H23N3O5. The van der Waals surface area contributed by atoms with E-state index in [1.165, 1.54) is 13.2 Å². The van der Waals surface area contributed by atoms with Crippen molar-refractivity contribution < 1.29 is 19.2 Å². The quantitative estimate of drug-likeness (QED) is 0.450. The molecular weight excluding hydrogens is 314 g/mol. The molecule has 0 aliphatic carbocycles. The number of amides is 1. The summed E-state index contributed by atoms with van der Waals surface area (Å²) in [6, 6.07) is 4.60. The Labute approximate surface area is 141 Å². The molecule has 1 aromatic rings. The normalized spacial score (nSPS) is 11.2. The summed E-state index contributed by atoms with van der Waals surface area (Å²) >= 11 is 0. The van der Waals surface area contributed by atoms with Gasteiger partial charge in [0, 0.05) is 19.2 Å². The van der Waals surface area contributed by atoms with E-state index in [-0.39, 0.29) is 5.69 Å². The van der Waals surface area contributed by atoms with E-state index in [1.54, 1.807) is 45.1 Å². The molecule has 0 radical (unpaired) electrons. The average molecular weight is 337 g/mol. The largest absolute Gasteiger partial charge is 0.494 e. The number of ether oxygens (including phenoxy) is 2. The molecule has 24 heavy (non-hydrogen) atoms. The van der Waals surface area contributed by atoms with Gasteiger partial charge in [0.15, 0.2) is 5.69 Å². The van der Waals surface area contributed by atoms with Gasteiger partial charge in [0.25, 0.3) is 5.69 Å². The van der Waals surface area contributed by atoms with Crippen molar-refractivity contribution in [1.29, 1.82) is 0 Å². The SMILES string of the molecule is COc1cccc([N+](=O)[O-])c1NC/C=C/CNC(=O)OC(C)(C)C. The van der Waals surface area contributed by atoms with E-state index in [1.807, 2.05) is 0 Å². The van der Waals surface area contributed by atoms with Crippen molar-refractivity contribution in [2.45, 2.75) is 26.4 Å². The van der Waals surface area contributed by atoms with Crippen molar-refractivity contribution in [2.75, 3.05) is 25.5 Å². The number of nitro benzene ring substituents is 1. The zero-order valence-corrected chi connectivity index (χ0v) is 14.3. The van der Waals surface area contributed by atoms with Gasteiger partial charge in [0.05, 0.1) is 12.0 Å². The highest BCUT2D eigenvalue weighted by Gasteiger charge is 2.17. The van der Waals surface area contributed by atoms with Crippen LogP contribution in [0.3, 0.4) is 0 Å². The minimum Gasteiger partial charge on any atom is -0.494 e. The molecule has 1 amide bonds. The number of rotatable bonds is 7. The van der Waals surface area contributed by atoms with Crippen molar-refractivity contribution >= 4 is 17.5 Å². The maximum atomic E-state index is 11.4. The van der Waals surface area contributed by atoms with Crippen LogP contribution < -0.4 is 15.4 Å². The number of hydrogen-bond donors (Lipinski definition) is 2. The highest BCUT2D eigenvalue weighted by atomic mass is 16.6. The first-order valence-corrected chi connectivity index (χ1v) is 7.41. The summed E-state index contributed by atoms with van der Waals surface area (Å²) in [7, 11) is 1.45. The Bertz CT molecular complexity index is 608. The van der Waals surface area contributed by atoms with E-state index >= 15 is 0 Å².